The summed E-state index contributed by atoms with van der Waals surface area (Å²) in [6, 6.07) is 12.3. The van der Waals surface area contributed by atoms with Gasteiger partial charge in [0.1, 0.15) is 6.61 Å². The first-order valence-corrected chi connectivity index (χ1v) is 10.1. The number of nitrogens with zero attached hydrogens (tertiary/aromatic N) is 1. The summed E-state index contributed by atoms with van der Waals surface area (Å²) < 4.78 is 16.0. The SMILES string of the molecule is COc1ccc(C2C(C(=O)OCC(C)=O)CCC(=O)N2c2ccc(C)cc2)cc1OC. The second-order valence-electron chi connectivity index (χ2n) is 7.61. The fourth-order valence-corrected chi connectivity index (χ4v) is 3.85. The summed E-state index contributed by atoms with van der Waals surface area (Å²) in [5, 5.41) is 0. The number of carbonyl (C=O) groups excluding carboxylic acids is 3. The molecule has 7 heteroatoms. The monoisotopic (exact) mass is 425 g/mol. The van der Waals surface area contributed by atoms with Gasteiger partial charge in [-0.25, -0.2) is 0 Å². The molecule has 0 N–H and O–H groups in total. The lowest BCUT2D eigenvalue weighted by Crippen LogP contribution is -2.46. The van der Waals surface area contributed by atoms with Gasteiger partial charge < -0.3 is 19.1 Å². The lowest BCUT2D eigenvalue weighted by atomic mass is 9.83. The first-order valence-electron chi connectivity index (χ1n) is 10.1. The van der Waals surface area contributed by atoms with E-state index >= 15 is 0 Å². The molecule has 3 rings (SSSR count). The summed E-state index contributed by atoms with van der Waals surface area (Å²) in [7, 11) is 3.08. The molecule has 1 aliphatic heterocycles. The van der Waals surface area contributed by atoms with Gasteiger partial charge in [-0.2, -0.15) is 0 Å². The maximum atomic E-state index is 13.0. The lowest BCUT2D eigenvalue weighted by Gasteiger charge is -2.40. The van der Waals surface area contributed by atoms with Crippen molar-refractivity contribution in [1.29, 1.82) is 0 Å². The van der Waals surface area contributed by atoms with Crippen LogP contribution < -0.4 is 14.4 Å². The quantitative estimate of drug-likeness (QED) is 0.630. The van der Waals surface area contributed by atoms with Crippen molar-refractivity contribution in [2.75, 3.05) is 25.7 Å². The van der Waals surface area contributed by atoms with E-state index in [1.54, 1.807) is 24.1 Å². The number of piperidine rings is 1. The zero-order valence-corrected chi connectivity index (χ0v) is 18.2. The maximum absolute atomic E-state index is 13.0. The molecular weight excluding hydrogens is 398 g/mol. The summed E-state index contributed by atoms with van der Waals surface area (Å²) in [6.07, 6.45) is 0.536. The van der Waals surface area contributed by atoms with Crippen molar-refractivity contribution in [2.45, 2.75) is 32.7 Å². The molecule has 2 aromatic carbocycles. The molecule has 0 aliphatic carbocycles. The molecule has 1 fully saturated rings. The van der Waals surface area contributed by atoms with E-state index in [-0.39, 0.29) is 24.7 Å². The third-order valence-corrected chi connectivity index (χ3v) is 5.38. The molecular formula is C24H27NO6. The Hall–Kier alpha value is -3.35. The summed E-state index contributed by atoms with van der Waals surface area (Å²) in [4.78, 5) is 38.9. The second kappa shape index (κ2) is 9.64. The number of hydrogen-bond acceptors (Lipinski definition) is 6. The number of ketones is 1. The van der Waals surface area contributed by atoms with Gasteiger partial charge in [-0.3, -0.25) is 14.4 Å². The molecule has 1 aliphatic rings. The maximum Gasteiger partial charge on any atom is 0.311 e. The number of amides is 1. The standard InChI is InChI=1S/C24H27NO6/c1-15-5-8-18(9-6-15)25-22(27)12-10-19(24(28)31-14-16(2)26)23(25)17-7-11-20(29-3)21(13-17)30-4/h5-9,11,13,19,23H,10,12,14H2,1-4H3. The van der Waals surface area contributed by atoms with Crippen LogP contribution in [0.2, 0.25) is 0 Å². The minimum Gasteiger partial charge on any atom is -0.493 e. The second-order valence-corrected chi connectivity index (χ2v) is 7.61. The number of carbonyl (C=O) groups is 3. The molecule has 0 spiro atoms. The van der Waals surface area contributed by atoms with Crippen LogP contribution in [0.3, 0.4) is 0 Å². The van der Waals surface area contributed by atoms with Crippen LogP contribution in [0, 0.1) is 12.8 Å². The predicted octanol–water partition coefficient (Wildman–Crippen LogP) is 3.63. The Balaban J connectivity index is 2.09. The number of ether oxygens (including phenoxy) is 3. The third-order valence-electron chi connectivity index (χ3n) is 5.38. The third kappa shape index (κ3) is 4.87. The molecule has 164 valence electrons. The summed E-state index contributed by atoms with van der Waals surface area (Å²) in [5.41, 5.74) is 2.48. The van der Waals surface area contributed by atoms with Crippen LogP contribution in [0.4, 0.5) is 5.69 Å². The molecule has 2 unspecified atom stereocenters. The van der Waals surface area contributed by atoms with Crippen molar-refractivity contribution in [3.8, 4) is 11.5 Å². The zero-order chi connectivity index (χ0) is 22.5. The van der Waals surface area contributed by atoms with Crippen LogP contribution in [0.1, 0.15) is 36.9 Å². The molecule has 7 nitrogen and oxygen atoms in total. The average Bonchev–Trinajstić information content (AvgIpc) is 2.77. The number of benzene rings is 2. The Morgan fingerprint density at radius 2 is 1.71 bits per heavy atom. The van der Waals surface area contributed by atoms with Crippen LogP contribution in [-0.4, -0.2) is 38.5 Å². The van der Waals surface area contributed by atoms with E-state index < -0.39 is 17.9 Å². The Bertz CT molecular complexity index is 969. The number of anilines is 1. The fourth-order valence-electron chi connectivity index (χ4n) is 3.85. The van der Waals surface area contributed by atoms with Crippen molar-refractivity contribution in [3.05, 3.63) is 53.6 Å². The molecule has 0 saturated carbocycles. The summed E-state index contributed by atoms with van der Waals surface area (Å²) in [5.74, 6) is -0.405. The first-order chi connectivity index (χ1) is 14.8. The first kappa shape index (κ1) is 22.3. The molecule has 1 saturated heterocycles. The minimum absolute atomic E-state index is 0.0840. The molecule has 1 heterocycles. The van der Waals surface area contributed by atoms with Crippen molar-refractivity contribution in [1.82, 2.24) is 0 Å². The normalized spacial score (nSPS) is 18.5. The van der Waals surface area contributed by atoms with Crippen LogP contribution in [0.5, 0.6) is 11.5 Å². The lowest BCUT2D eigenvalue weighted by molar-refractivity contribution is -0.153. The molecule has 2 aromatic rings. The van der Waals surface area contributed by atoms with Crippen molar-refractivity contribution in [2.24, 2.45) is 5.92 Å². The smallest absolute Gasteiger partial charge is 0.311 e. The van der Waals surface area contributed by atoms with E-state index in [0.717, 1.165) is 11.1 Å². The number of hydrogen-bond donors (Lipinski definition) is 0. The van der Waals surface area contributed by atoms with E-state index in [0.29, 0.717) is 23.6 Å². The highest BCUT2D eigenvalue weighted by Crippen LogP contribution is 2.42. The molecule has 2 atom stereocenters. The van der Waals surface area contributed by atoms with Gasteiger partial charge in [-0.05, 0) is 50.1 Å². The number of rotatable bonds is 7. The molecule has 0 bridgehead atoms. The van der Waals surface area contributed by atoms with E-state index in [1.165, 1.54) is 14.0 Å². The van der Waals surface area contributed by atoms with Gasteiger partial charge in [0.15, 0.2) is 17.3 Å². The Kier molecular flexibility index (Phi) is 6.95. The Labute approximate surface area is 181 Å². The number of Topliss-reactive ketones (excluding diaryl/α,β-unsaturated/α-hetero) is 1. The van der Waals surface area contributed by atoms with Gasteiger partial charge in [0.2, 0.25) is 5.91 Å². The highest BCUT2D eigenvalue weighted by molar-refractivity contribution is 5.97. The van der Waals surface area contributed by atoms with E-state index in [9.17, 15) is 14.4 Å². The van der Waals surface area contributed by atoms with Gasteiger partial charge in [-0.1, -0.05) is 23.8 Å². The van der Waals surface area contributed by atoms with Gasteiger partial charge in [0.25, 0.3) is 0 Å². The van der Waals surface area contributed by atoms with Crippen molar-refractivity contribution >= 4 is 23.3 Å². The molecule has 0 aromatic heterocycles. The number of methoxy groups -OCH3 is 2. The molecule has 0 radical (unpaired) electrons. The minimum atomic E-state index is -0.628. The van der Waals surface area contributed by atoms with Crippen molar-refractivity contribution in [3.63, 3.8) is 0 Å². The highest BCUT2D eigenvalue weighted by Gasteiger charge is 2.42. The Morgan fingerprint density at radius 3 is 2.32 bits per heavy atom. The van der Waals surface area contributed by atoms with E-state index in [1.807, 2.05) is 37.3 Å². The summed E-state index contributed by atoms with van der Waals surface area (Å²) >= 11 is 0. The average molecular weight is 425 g/mol. The number of aryl methyl sites for hydroxylation is 1. The molecule has 31 heavy (non-hydrogen) atoms. The van der Waals surface area contributed by atoms with Gasteiger partial charge in [0.05, 0.1) is 26.2 Å². The zero-order valence-electron chi connectivity index (χ0n) is 18.2. The van der Waals surface area contributed by atoms with E-state index in [4.69, 9.17) is 14.2 Å². The number of esters is 1. The highest BCUT2D eigenvalue weighted by atomic mass is 16.5. The van der Waals surface area contributed by atoms with Gasteiger partial charge in [-0.15, -0.1) is 0 Å². The topological polar surface area (TPSA) is 82.1 Å². The fraction of sp³-hybridized carbons (Fsp3) is 0.375. The van der Waals surface area contributed by atoms with E-state index in [2.05, 4.69) is 0 Å². The van der Waals surface area contributed by atoms with Crippen LogP contribution in [0.25, 0.3) is 0 Å². The van der Waals surface area contributed by atoms with Crippen LogP contribution in [-0.2, 0) is 19.1 Å². The Morgan fingerprint density at radius 1 is 1.03 bits per heavy atom. The largest absolute Gasteiger partial charge is 0.493 e. The van der Waals surface area contributed by atoms with Gasteiger partial charge >= 0.3 is 5.97 Å². The van der Waals surface area contributed by atoms with Gasteiger partial charge in [0, 0.05) is 12.1 Å². The van der Waals surface area contributed by atoms with Crippen LogP contribution in [0.15, 0.2) is 42.5 Å². The van der Waals surface area contributed by atoms with Crippen molar-refractivity contribution < 1.29 is 28.6 Å². The molecule has 1 amide bonds. The van der Waals surface area contributed by atoms with Crippen LogP contribution >= 0.6 is 0 Å². The summed E-state index contributed by atoms with van der Waals surface area (Å²) in [6.45, 7) is 3.05. The predicted molar refractivity (Wildman–Crippen MR) is 115 cm³/mol.